The van der Waals surface area contributed by atoms with Gasteiger partial charge < -0.3 is 5.32 Å². The highest BCUT2D eigenvalue weighted by atomic mass is 16.2. The molecule has 1 aliphatic carbocycles. The van der Waals surface area contributed by atoms with E-state index in [-0.39, 0.29) is 5.91 Å². The Morgan fingerprint density at radius 1 is 1.14 bits per heavy atom. The van der Waals surface area contributed by atoms with E-state index in [0.717, 1.165) is 16.5 Å². The molecule has 0 saturated heterocycles. The summed E-state index contributed by atoms with van der Waals surface area (Å²) < 4.78 is 0. The zero-order valence-electron chi connectivity index (χ0n) is 12.5. The predicted molar refractivity (Wildman–Crippen MR) is 87.5 cm³/mol. The van der Waals surface area contributed by atoms with Crippen molar-refractivity contribution in [2.45, 2.75) is 31.7 Å². The SMILES string of the molecule is CN(CC(=O)Nc1cccc2ccccc12)C1CCCC1. The second-order valence-electron chi connectivity index (χ2n) is 5.93. The van der Waals surface area contributed by atoms with Crippen LogP contribution >= 0.6 is 0 Å². The van der Waals surface area contributed by atoms with Gasteiger partial charge in [0, 0.05) is 17.1 Å². The molecule has 110 valence electrons. The highest BCUT2D eigenvalue weighted by Gasteiger charge is 2.21. The average Bonchev–Trinajstić information content (AvgIpc) is 3.02. The normalized spacial score (nSPS) is 15.7. The summed E-state index contributed by atoms with van der Waals surface area (Å²) >= 11 is 0. The van der Waals surface area contributed by atoms with Crippen LogP contribution in [0.25, 0.3) is 10.8 Å². The molecule has 2 aromatic rings. The van der Waals surface area contributed by atoms with Crippen LogP contribution in [-0.2, 0) is 4.79 Å². The molecule has 0 heterocycles. The van der Waals surface area contributed by atoms with Gasteiger partial charge >= 0.3 is 0 Å². The molecule has 0 bridgehead atoms. The predicted octanol–water partition coefficient (Wildman–Crippen LogP) is 3.65. The quantitative estimate of drug-likeness (QED) is 0.928. The maximum atomic E-state index is 12.3. The summed E-state index contributed by atoms with van der Waals surface area (Å²) in [6.07, 6.45) is 5.02. The van der Waals surface area contributed by atoms with Gasteiger partial charge in [0.2, 0.25) is 5.91 Å². The number of anilines is 1. The molecule has 1 aliphatic rings. The zero-order chi connectivity index (χ0) is 14.7. The van der Waals surface area contributed by atoms with E-state index < -0.39 is 0 Å². The van der Waals surface area contributed by atoms with Crippen molar-refractivity contribution in [3.05, 3.63) is 42.5 Å². The first-order valence-electron chi connectivity index (χ1n) is 7.72. The Labute approximate surface area is 125 Å². The van der Waals surface area contributed by atoms with Gasteiger partial charge in [0.05, 0.1) is 6.54 Å². The number of amides is 1. The molecule has 1 N–H and O–H groups in total. The van der Waals surface area contributed by atoms with Crippen molar-refractivity contribution < 1.29 is 4.79 Å². The first-order chi connectivity index (χ1) is 10.2. The Balaban J connectivity index is 1.68. The lowest BCUT2D eigenvalue weighted by atomic mass is 10.1. The average molecular weight is 282 g/mol. The summed E-state index contributed by atoms with van der Waals surface area (Å²) in [5.74, 6) is 0.0701. The third-order valence-corrected chi connectivity index (χ3v) is 4.40. The van der Waals surface area contributed by atoms with Gasteiger partial charge in [-0.2, -0.15) is 0 Å². The first kappa shape index (κ1) is 14.1. The minimum atomic E-state index is 0.0701. The van der Waals surface area contributed by atoms with Crippen LogP contribution in [0.15, 0.2) is 42.5 Å². The Morgan fingerprint density at radius 3 is 2.67 bits per heavy atom. The Morgan fingerprint density at radius 2 is 1.86 bits per heavy atom. The number of likely N-dealkylation sites (N-methyl/N-ethyl adjacent to an activating group) is 1. The number of hydrogen-bond donors (Lipinski definition) is 1. The number of fused-ring (bicyclic) bond motifs is 1. The highest BCUT2D eigenvalue weighted by molar-refractivity contribution is 6.02. The standard InChI is InChI=1S/C18H22N2O/c1-20(15-9-3-4-10-15)13-18(21)19-17-12-6-8-14-7-2-5-11-16(14)17/h2,5-8,11-12,15H,3-4,9-10,13H2,1H3,(H,19,21). The van der Waals surface area contributed by atoms with Crippen LogP contribution in [0.3, 0.4) is 0 Å². The second-order valence-corrected chi connectivity index (χ2v) is 5.93. The van der Waals surface area contributed by atoms with Gasteiger partial charge in [0.15, 0.2) is 0 Å². The van der Waals surface area contributed by atoms with Crippen molar-refractivity contribution in [1.82, 2.24) is 4.90 Å². The summed E-state index contributed by atoms with van der Waals surface area (Å²) in [4.78, 5) is 14.5. The summed E-state index contributed by atoms with van der Waals surface area (Å²) in [5.41, 5.74) is 0.901. The van der Waals surface area contributed by atoms with Gasteiger partial charge in [-0.1, -0.05) is 49.2 Å². The molecule has 0 aliphatic heterocycles. The van der Waals surface area contributed by atoms with Gasteiger partial charge in [-0.3, -0.25) is 9.69 Å². The second kappa shape index (κ2) is 6.27. The van der Waals surface area contributed by atoms with Gasteiger partial charge in [0.1, 0.15) is 0 Å². The van der Waals surface area contributed by atoms with E-state index in [0.29, 0.717) is 12.6 Å². The van der Waals surface area contributed by atoms with Crippen LogP contribution in [0.2, 0.25) is 0 Å². The summed E-state index contributed by atoms with van der Waals surface area (Å²) in [6.45, 7) is 0.466. The van der Waals surface area contributed by atoms with Crippen LogP contribution in [0, 0.1) is 0 Å². The van der Waals surface area contributed by atoms with Gasteiger partial charge in [-0.15, -0.1) is 0 Å². The molecule has 0 spiro atoms. The van der Waals surface area contributed by atoms with E-state index in [9.17, 15) is 4.79 Å². The molecule has 0 unspecified atom stereocenters. The van der Waals surface area contributed by atoms with Crippen molar-refractivity contribution in [2.75, 3.05) is 18.9 Å². The number of hydrogen-bond acceptors (Lipinski definition) is 2. The number of rotatable bonds is 4. The molecule has 3 rings (SSSR count). The monoisotopic (exact) mass is 282 g/mol. The van der Waals surface area contributed by atoms with E-state index >= 15 is 0 Å². The Kier molecular flexibility index (Phi) is 4.20. The first-order valence-corrected chi connectivity index (χ1v) is 7.72. The summed E-state index contributed by atoms with van der Waals surface area (Å²) in [6, 6.07) is 14.7. The lowest BCUT2D eigenvalue weighted by Crippen LogP contribution is -2.36. The third-order valence-electron chi connectivity index (χ3n) is 4.40. The van der Waals surface area contributed by atoms with E-state index in [4.69, 9.17) is 0 Å². The number of nitrogens with one attached hydrogen (secondary N) is 1. The lowest BCUT2D eigenvalue weighted by molar-refractivity contribution is -0.117. The molecule has 3 nitrogen and oxygen atoms in total. The fourth-order valence-corrected chi connectivity index (χ4v) is 3.22. The maximum absolute atomic E-state index is 12.3. The van der Waals surface area contributed by atoms with E-state index in [1.807, 2.05) is 30.3 Å². The van der Waals surface area contributed by atoms with Gasteiger partial charge in [-0.05, 0) is 31.3 Å². The van der Waals surface area contributed by atoms with Crippen molar-refractivity contribution in [3.8, 4) is 0 Å². The molecule has 0 radical (unpaired) electrons. The molecule has 1 fully saturated rings. The highest BCUT2D eigenvalue weighted by Crippen LogP contribution is 2.24. The fraction of sp³-hybridized carbons (Fsp3) is 0.389. The minimum absolute atomic E-state index is 0.0701. The maximum Gasteiger partial charge on any atom is 0.238 e. The van der Waals surface area contributed by atoms with Crippen LogP contribution in [0.4, 0.5) is 5.69 Å². The number of nitrogens with zero attached hydrogens (tertiary/aromatic N) is 1. The van der Waals surface area contributed by atoms with Crippen LogP contribution in [0.5, 0.6) is 0 Å². The van der Waals surface area contributed by atoms with Crippen molar-refractivity contribution in [1.29, 1.82) is 0 Å². The molecule has 3 heteroatoms. The number of carbonyl (C=O) groups is 1. The molecular formula is C18H22N2O. The number of carbonyl (C=O) groups excluding carboxylic acids is 1. The van der Waals surface area contributed by atoms with Crippen LogP contribution < -0.4 is 5.32 Å². The fourth-order valence-electron chi connectivity index (χ4n) is 3.22. The molecule has 0 atom stereocenters. The number of benzene rings is 2. The molecule has 0 aromatic heterocycles. The molecule has 1 amide bonds. The van der Waals surface area contributed by atoms with Crippen molar-refractivity contribution >= 4 is 22.4 Å². The van der Waals surface area contributed by atoms with E-state index in [1.165, 1.54) is 25.7 Å². The summed E-state index contributed by atoms with van der Waals surface area (Å²) in [7, 11) is 2.05. The van der Waals surface area contributed by atoms with Crippen molar-refractivity contribution in [2.24, 2.45) is 0 Å². The summed E-state index contributed by atoms with van der Waals surface area (Å²) in [5, 5.41) is 5.31. The van der Waals surface area contributed by atoms with Crippen LogP contribution in [0.1, 0.15) is 25.7 Å². The Hall–Kier alpha value is -1.87. The minimum Gasteiger partial charge on any atom is -0.324 e. The van der Waals surface area contributed by atoms with Crippen LogP contribution in [-0.4, -0.2) is 30.4 Å². The molecule has 2 aromatic carbocycles. The van der Waals surface area contributed by atoms with E-state index in [1.54, 1.807) is 0 Å². The smallest absolute Gasteiger partial charge is 0.238 e. The van der Waals surface area contributed by atoms with Gasteiger partial charge in [0.25, 0.3) is 0 Å². The molecular weight excluding hydrogens is 260 g/mol. The zero-order valence-corrected chi connectivity index (χ0v) is 12.5. The Bertz CT molecular complexity index is 627. The topological polar surface area (TPSA) is 32.3 Å². The van der Waals surface area contributed by atoms with E-state index in [2.05, 4.69) is 29.4 Å². The third kappa shape index (κ3) is 3.24. The largest absolute Gasteiger partial charge is 0.324 e. The lowest BCUT2D eigenvalue weighted by Gasteiger charge is -2.23. The van der Waals surface area contributed by atoms with Crippen molar-refractivity contribution in [3.63, 3.8) is 0 Å². The van der Waals surface area contributed by atoms with Gasteiger partial charge in [-0.25, -0.2) is 0 Å². The molecule has 21 heavy (non-hydrogen) atoms. The molecule has 1 saturated carbocycles.